The number of aryl methyl sites for hydroxylation is 2. The van der Waals surface area contributed by atoms with Gasteiger partial charge >= 0.3 is 0 Å². The highest BCUT2D eigenvalue weighted by atomic mass is 15.1. The molecule has 1 aromatic carbocycles. The van der Waals surface area contributed by atoms with Crippen molar-refractivity contribution >= 4 is 11.8 Å². The predicted molar refractivity (Wildman–Crippen MR) is 74.6 cm³/mol. The number of aromatic nitrogens is 2. The molecular weight excluding hydrogens is 224 g/mol. The summed E-state index contributed by atoms with van der Waals surface area (Å²) in [6.07, 6.45) is 2.70. The van der Waals surface area contributed by atoms with Crippen LogP contribution in [0.4, 0.5) is 11.8 Å². The number of nitrogen functional groups attached to an aromatic ring is 1. The molecule has 1 aromatic heterocycles. The first-order valence-electron chi connectivity index (χ1n) is 6.04. The molecule has 0 aliphatic heterocycles. The van der Waals surface area contributed by atoms with Crippen LogP contribution in [0.5, 0.6) is 0 Å². The molecule has 94 valence electrons. The number of hydrogen-bond donors (Lipinski definition) is 2. The van der Waals surface area contributed by atoms with Gasteiger partial charge in [-0.2, -0.15) is 4.98 Å². The number of benzene rings is 1. The molecule has 0 radical (unpaired) electrons. The molecular formula is C14H18N4. The first-order valence-corrected chi connectivity index (χ1v) is 6.04. The molecule has 18 heavy (non-hydrogen) atoms. The van der Waals surface area contributed by atoms with Crippen molar-refractivity contribution in [2.75, 3.05) is 17.6 Å². The summed E-state index contributed by atoms with van der Waals surface area (Å²) in [4.78, 5) is 8.13. The molecule has 0 aliphatic carbocycles. The van der Waals surface area contributed by atoms with Crippen molar-refractivity contribution in [1.29, 1.82) is 0 Å². The van der Waals surface area contributed by atoms with Gasteiger partial charge in [-0.15, -0.1) is 0 Å². The van der Waals surface area contributed by atoms with E-state index in [0.717, 1.165) is 24.3 Å². The molecule has 0 aliphatic rings. The van der Waals surface area contributed by atoms with Crippen molar-refractivity contribution < 1.29 is 0 Å². The number of nitrogens with zero attached hydrogens (tertiary/aromatic N) is 2. The second-order valence-electron chi connectivity index (χ2n) is 4.36. The Morgan fingerprint density at radius 3 is 2.72 bits per heavy atom. The van der Waals surface area contributed by atoms with Gasteiger partial charge in [0, 0.05) is 18.3 Å². The molecule has 4 heteroatoms. The average molecular weight is 242 g/mol. The largest absolute Gasteiger partial charge is 0.369 e. The average Bonchev–Trinajstić information content (AvgIpc) is 2.36. The first kappa shape index (κ1) is 12.4. The van der Waals surface area contributed by atoms with Crippen molar-refractivity contribution in [3.05, 3.63) is 47.2 Å². The normalized spacial score (nSPS) is 10.3. The van der Waals surface area contributed by atoms with Crippen molar-refractivity contribution in [2.45, 2.75) is 20.3 Å². The quantitative estimate of drug-likeness (QED) is 0.863. The van der Waals surface area contributed by atoms with Crippen LogP contribution in [0.15, 0.2) is 30.5 Å². The van der Waals surface area contributed by atoms with Crippen molar-refractivity contribution in [3.63, 3.8) is 0 Å². The van der Waals surface area contributed by atoms with Gasteiger partial charge in [-0.05, 0) is 31.4 Å². The van der Waals surface area contributed by atoms with Crippen LogP contribution in [-0.2, 0) is 6.42 Å². The molecule has 2 aromatic rings. The zero-order valence-electron chi connectivity index (χ0n) is 10.8. The smallest absolute Gasteiger partial charge is 0.221 e. The van der Waals surface area contributed by atoms with Gasteiger partial charge in [0.15, 0.2) is 0 Å². The summed E-state index contributed by atoms with van der Waals surface area (Å²) >= 11 is 0. The SMILES string of the molecule is Cc1ccccc1CCNc1nc(N)ncc1C. The summed E-state index contributed by atoms with van der Waals surface area (Å²) in [7, 11) is 0. The van der Waals surface area contributed by atoms with E-state index >= 15 is 0 Å². The van der Waals surface area contributed by atoms with E-state index in [1.807, 2.05) is 6.92 Å². The number of anilines is 2. The Balaban J connectivity index is 1.96. The maximum Gasteiger partial charge on any atom is 0.221 e. The summed E-state index contributed by atoms with van der Waals surface area (Å²) in [6.45, 7) is 4.93. The molecule has 0 saturated carbocycles. The lowest BCUT2D eigenvalue weighted by molar-refractivity contribution is 0.984. The molecule has 2 rings (SSSR count). The second-order valence-corrected chi connectivity index (χ2v) is 4.36. The monoisotopic (exact) mass is 242 g/mol. The lowest BCUT2D eigenvalue weighted by Crippen LogP contribution is -2.10. The Bertz CT molecular complexity index is 537. The van der Waals surface area contributed by atoms with Crippen molar-refractivity contribution in [3.8, 4) is 0 Å². The zero-order valence-corrected chi connectivity index (χ0v) is 10.8. The minimum Gasteiger partial charge on any atom is -0.369 e. The van der Waals surface area contributed by atoms with E-state index in [9.17, 15) is 0 Å². The van der Waals surface area contributed by atoms with E-state index < -0.39 is 0 Å². The Morgan fingerprint density at radius 1 is 1.17 bits per heavy atom. The van der Waals surface area contributed by atoms with Crippen LogP contribution in [-0.4, -0.2) is 16.5 Å². The van der Waals surface area contributed by atoms with Crippen molar-refractivity contribution in [2.24, 2.45) is 0 Å². The topological polar surface area (TPSA) is 63.8 Å². The van der Waals surface area contributed by atoms with Crippen LogP contribution in [0.2, 0.25) is 0 Å². The molecule has 0 spiro atoms. The van der Waals surface area contributed by atoms with Crippen molar-refractivity contribution in [1.82, 2.24) is 9.97 Å². The molecule has 4 nitrogen and oxygen atoms in total. The fourth-order valence-corrected chi connectivity index (χ4v) is 1.84. The lowest BCUT2D eigenvalue weighted by Gasteiger charge is -2.09. The van der Waals surface area contributed by atoms with Gasteiger partial charge in [0.2, 0.25) is 5.95 Å². The van der Waals surface area contributed by atoms with Crippen LogP contribution in [0.3, 0.4) is 0 Å². The zero-order chi connectivity index (χ0) is 13.0. The minimum absolute atomic E-state index is 0.305. The Morgan fingerprint density at radius 2 is 1.94 bits per heavy atom. The third-order valence-electron chi connectivity index (χ3n) is 2.94. The molecule has 0 unspecified atom stereocenters. The van der Waals surface area contributed by atoms with Gasteiger partial charge < -0.3 is 11.1 Å². The summed E-state index contributed by atoms with van der Waals surface area (Å²) in [6, 6.07) is 8.40. The Labute approximate surface area is 107 Å². The first-order chi connectivity index (χ1) is 8.66. The van der Waals surface area contributed by atoms with Crippen LogP contribution in [0, 0.1) is 13.8 Å². The summed E-state index contributed by atoms with van der Waals surface area (Å²) in [5, 5.41) is 3.30. The fourth-order valence-electron chi connectivity index (χ4n) is 1.84. The third-order valence-corrected chi connectivity index (χ3v) is 2.94. The molecule has 3 N–H and O–H groups in total. The molecule has 1 heterocycles. The summed E-state index contributed by atoms with van der Waals surface area (Å²) in [5.74, 6) is 1.12. The van der Waals surface area contributed by atoms with Gasteiger partial charge in [0.25, 0.3) is 0 Å². The van der Waals surface area contributed by atoms with Gasteiger partial charge in [-0.1, -0.05) is 24.3 Å². The maximum absolute atomic E-state index is 5.57. The van der Waals surface area contributed by atoms with Gasteiger partial charge in [-0.25, -0.2) is 4.98 Å². The van der Waals surface area contributed by atoms with Gasteiger partial charge in [0.1, 0.15) is 5.82 Å². The second kappa shape index (κ2) is 5.49. The van der Waals surface area contributed by atoms with Crippen LogP contribution >= 0.6 is 0 Å². The molecule has 0 fully saturated rings. The molecule has 0 bridgehead atoms. The minimum atomic E-state index is 0.305. The molecule has 0 amide bonds. The van der Waals surface area contributed by atoms with E-state index in [2.05, 4.69) is 46.5 Å². The van der Waals surface area contributed by atoms with Crippen LogP contribution in [0.1, 0.15) is 16.7 Å². The number of nitrogens with two attached hydrogens (primary N) is 1. The molecule has 0 saturated heterocycles. The highest BCUT2D eigenvalue weighted by molar-refractivity contribution is 5.45. The Hall–Kier alpha value is -2.10. The predicted octanol–water partition coefficient (Wildman–Crippen LogP) is 2.33. The molecule has 0 atom stereocenters. The van der Waals surface area contributed by atoms with Gasteiger partial charge in [-0.3, -0.25) is 0 Å². The summed E-state index contributed by atoms with van der Waals surface area (Å²) < 4.78 is 0. The fraction of sp³-hybridized carbons (Fsp3) is 0.286. The third kappa shape index (κ3) is 2.97. The van der Waals surface area contributed by atoms with E-state index in [4.69, 9.17) is 5.73 Å². The highest BCUT2D eigenvalue weighted by Gasteiger charge is 2.02. The van der Waals surface area contributed by atoms with E-state index in [0.29, 0.717) is 5.95 Å². The standard InChI is InChI=1S/C14H18N4/c1-10-5-3-4-6-12(10)7-8-16-13-11(2)9-17-14(15)18-13/h3-6,9H,7-8H2,1-2H3,(H3,15,16,17,18). The van der Waals surface area contributed by atoms with E-state index in [1.165, 1.54) is 11.1 Å². The Kier molecular flexibility index (Phi) is 3.77. The lowest BCUT2D eigenvalue weighted by atomic mass is 10.1. The van der Waals surface area contributed by atoms with Crippen LogP contribution < -0.4 is 11.1 Å². The number of rotatable bonds is 4. The maximum atomic E-state index is 5.57. The van der Waals surface area contributed by atoms with E-state index in [-0.39, 0.29) is 0 Å². The van der Waals surface area contributed by atoms with Crippen LogP contribution in [0.25, 0.3) is 0 Å². The summed E-state index contributed by atoms with van der Waals surface area (Å²) in [5.41, 5.74) is 9.25. The van der Waals surface area contributed by atoms with Gasteiger partial charge in [0.05, 0.1) is 0 Å². The number of hydrogen-bond acceptors (Lipinski definition) is 4. The number of nitrogens with one attached hydrogen (secondary N) is 1. The van der Waals surface area contributed by atoms with E-state index in [1.54, 1.807) is 6.20 Å². The highest BCUT2D eigenvalue weighted by Crippen LogP contribution is 2.12.